The van der Waals surface area contributed by atoms with Gasteiger partial charge >= 0.3 is 5.97 Å². The first-order chi connectivity index (χ1) is 10.4. The van der Waals surface area contributed by atoms with Gasteiger partial charge < -0.3 is 5.11 Å². The molecule has 0 fully saturated rings. The molecule has 112 valence electrons. The van der Waals surface area contributed by atoms with E-state index in [1.54, 1.807) is 31.2 Å². The van der Waals surface area contributed by atoms with Crippen LogP contribution in [0.4, 0.5) is 4.39 Å². The van der Waals surface area contributed by atoms with Gasteiger partial charge in [0.25, 0.3) is 0 Å². The van der Waals surface area contributed by atoms with Crippen molar-refractivity contribution in [3.8, 4) is 0 Å². The summed E-state index contributed by atoms with van der Waals surface area (Å²) in [7, 11) is 0. The fourth-order valence-electron chi connectivity index (χ4n) is 2.10. The Kier molecular flexibility index (Phi) is 4.78. The molecule has 0 unspecified atom stereocenters. The second-order valence-corrected chi connectivity index (χ2v) is 5.12. The zero-order chi connectivity index (χ0) is 16.3. The summed E-state index contributed by atoms with van der Waals surface area (Å²) >= 11 is 5.86. The van der Waals surface area contributed by atoms with Gasteiger partial charge in [0.15, 0.2) is 0 Å². The number of rotatable bonds is 4. The van der Waals surface area contributed by atoms with Crippen LogP contribution in [0.15, 0.2) is 55.1 Å². The summed E-state index contributed by atoms with van der Waals surface area (Å²) < 4.78 is 14.0. The van der Waals surface area contributed by atoms with Crippen molar-refractivity contribution >= 4 is 29.0 Å². The zero-order valence-electron chi connectivity index (χ0n) is 11.9. The van der Waals surface area contributed by atoms with E-state index in [1.165, 1.54) is 24.3 Å². The van der Waals surface area contributed by atoms with Crippen LogP contribution >= 0.6 is 11.6 Å². The maximum absolute atomic E-state index is 14.0. The summed E-state index contributed by atoms with van der Waals surface area (Å²) in [6.45, 7) is 5.55. The first-order valence-corrected chi connectivity index (χ1v) is 6.96. The molecule has 0 aliphatic carbocycles. The molecule has 2 nitrogen and oxygen atoms in total. The first-order valence-electron chi connectivity index (χ1n) is 6.58. The Bertz CT molecular complexity index is 761. The maximum Gasteiger partial charge on any atom is 0.335 e. The van der Waals surface area contributed by atoms with E-state index in [0.717, 1.165) is 5.56 Å². The van der Waals surface area contributed by atoms with Crippen molar-refractivity contribution in [3.05, 3.63) is 82.4 Å². The fourth-order valence-corrected chi connectivity index (χ4v) is 2.22. The number of hydrogen-bond donors (Lipinski definition) is 1. The van der Waals surface area contributed by atoms with Crippen LogP contribution in [0.2, 0.25) is 5.02 Å². The number of carboxylic acids is 1. The van der Waals surface area contributed by atoms with E-state index in [2.05, 4.69) is 6.58 Å². The van der Waals surface area contributed by atoms with E-state index in [0.29, 0.717) is 21.7 Å². The molecule has 0 amide bonds. The summed E-state index contributed by atoms with van der Waals surface area (Å²) in [6.07, 6.45) is 1.33. The van der Waals surface area contributed by atoms with Gasteiger partial charge in [-0.3, -0.25) is 0 Å². The molecule has 2 aromatic carbocycles. The lowest BCUT2D eigenvalue weighted by Gasteiger charge is -2.12. The highest BCUT2D eigenvalue weighted by Crippen LogP contribution is 2.31. The van der Waals surface area contributed by atoms with Crippen molar-refractivity contribution in [2.75, 3.05) is 0 Å². The molecule has 2 aromatic rings. The van der Waals surface area contributed by atoms with Gasteiger partial charge in [-0.15, -0.1) is 0 Å². The van der Waals surface area contributed by atoms with Gasteiger partial charge in [-0.2, -0.15) is 0 Å². The Hall–Kier alpha value is -2.39. The van der Waals surface area contributed by atoms with E-state index in [4.69, 9.17) is 16.7 Å². The van der Waals surface area contributed by atoms with Crippen molar-refractivity contribution in [2.24, 2.45) is 0 Å². The lowest BCUT2D eigenvalue weighted by Crippen LogP contribution is -2.00. The third-order valence-electron chi connectivity index (χ3n) is 3.30. The smallest absolute Gasteiger partial charge is 0.335 e. The van der Waals surface area contributed by atoms with Gasteiger partial charge in [0.1, 0.15) is 5.83 Å². The lowest BCUT2D eigenvalue weighted by molar-refractivity contribution is 0.0697. The lowest BCUT2D eigenvalue weighted by atomic mass is 9.93. The predicted octanol–water partition coefficient (Wildman–Crippen LogP) is 5.43. The Morgan fingerprint density at radius 1 is 1.14 bits per heavy atom. The zero-order valence-corrected chi connectivity index (χ0v) is 12.7. The van der Waals surface area contributed by atoms with Gasteiger partial charge in [0, 0.05) is 10.6 Å². The Morgan fingerprint density at radius 3 is 2.27 bits per heavy atom. The van der Waals surface area contributed by atoms with Crippen LogP contribution in [-0.4, -0.2) is 11.1 Å². The number of halogens is 2. The minimum Gasteiger partial charge on any atom is -0.478 e. The monoisotopic (exact) mass is 316 g/mol. The van der Waals surface area contributed by atoms with Gasteiger partial charge in [0.05, 0.1) is 5.56 Å². The fraction of sp³-hybridized carbons (Fsp3) is 0.0556. The minimum absolute atomic E-state index is 0.0813. The number of allylic oxidation sites excluding steroid dienone is 1. The van der Waals surface area contributed by atoms with Crippen molar-refractivity contribution in [3.63, 3.8) is 0 Å². The van der Waals surface area contributed by atoms with Gasteiger partial charge in [-0.05, 0) is 47.9 Å². The Morgan fingerprint density at radius 2 is 1.73 bits per heavy atom. The molecule has 1 N–H and O–H groups in total. The third-order valence-corrected chi connectivity index (χ3v) is 3.55. The van der Waals surface area contributed by atoms with Gasteiger partial charge in [-0.25, -0.2) is 9.18 Å². The van der Waals surface area contributed by atoms with Crippen molar-refractivity contribution in [2.45, 2.75) is 6.92 Å². The molecule has 0 atom stereocenters. The molecule has 0 radical (unpaired) electrons. The highest BCUT2D eigenvalue weighted by atomic mass is 35.5. The van der Waals surface area contributed by atoms with E-state index in [-0.39, 0.29) is 5.56 Å². The summed E-state index contributed by atoms with van der Waals surface area (Å²) in [6, 6.07) is 11.2. The predicted molar refractivity (Wildman–Crippen MR) is 87.7 cm³/mol. The van der Waals surface area contributed by atoms with Crippen LogP contribution < -0.4 is 0 Å². The van der Waals surface area contributed by atoms with Crippen LogP contribution in [-0.2, 0) is 0 Å². The summed E-state index contributed by atoms with van der Waals surface area (Å²) in [5, 5.41) is 9.71. The molecular formula is C18H14ClFO2. The molecule has 0 aliphatic heterocycles. The van der Waals surface area contributed by atoms with Crippen molar-refractivity contribution in [1.82, 2.24) is 0 Å². The summed E-state index contributed by atoms with van der Waals surface area (Å²) in [4.78, 5) is 11.2. The van der Waals surface area contributed by atoms with E-state index in [9.17, 15) is 9.18 Å². The highest BCUT2D eigenvalue weighted by molar-refractivity contribution is 6.30. The molecule has 0 heterocycles. The number of carboxylic acid groups (broad SMARTS) is 1. The van der Waals surface area contributed by atoms with E-state index >= 15 is 0 Å². The molecule has 0 spiro atoms. The molecule has 2 rings (SSSR count). The SMILES string of the molecule is C=C(c1ccc(Cl)cc1)c1cc(C(=O)O)ccc1C(F)=CC. The Balaban J connectivity index is 2.59. The molecule has 0 saturated carbocycles. The quantitative estimate of drug-likeness (QED) is 0.816. The van der Waals surface area contributed by atoms with Crippen LogP contribution in [0.1, 0.15) is 34.0 Å². The molecule has 0 bridgehead atoms. The second-order valence-electron chi connectivity index (χ2n) is 4.69. The topological polar surface area (TPSA) is 37.3 Å². The molecule has 0 aliphatic rings. The average Bonchev–Trinajstić information content (AvgIpc) is 2.53. The van der Waals surface area contributed by atoms with Crippen LogP contribution in [0, 0.1) is 0 Å². The third kappa shape index (κ3) is 3.26. The first kappa shape index (κ1) is 16.0. The molecule has 22 heavy (non-hydrogen) atoms. The highest BCUT2D eigenvalue weighted by Gasteiger charge is 2.14. The van der Waals surface area contributed by atoms with Crippen molar-refractivity contribution < 1.29 is 14.3 Å². The van der Waals surface area contributed by atoms with Crippen LogP contribution in [0.25, 0.3) is 11.4 Å². The van der Waals surface area contributed by atoms with Crippen molar-refractivity contribution in [1.29, 1.82) is 0 Å². The molecule has 0 saturated heterocycles. The van der Waals surface area contributed by atoms with E-state index in [1.807, 2.05) is 0 Å². The summed E-state index contributed by atoms with van der Waals surface area (Å²) in [5.74, 6) is -1.50. The second kappa shape index (κ2) is 6.58. The molecule has 0 aromatic heterocycles. The normalized spacial score (nSPS) is 11.3. The maximum atomic E-state index is 14.0. The van der Waals surface area contributed by atoms with Crippen LogP contribution in [0.5, 0.6) is 0 Å². The minimum atomic E-state index is -1.07. The molecular weight excluding hydrogens is 303 g/mol. The van der Waals surface area contributed by atoms with Gasteiger partial charge in [-0.1, -0.05) is 42.5 Å². The number of aromatic carboxylic acids is 1. The Labute approximate surface area is 133 Å². The standard InChI is InChI=1S/C18H14ClFO2/c1-3-17(20)15-9-6-13(18(21)22)10-16(15)11(2)12-4-7-14(19)8-5-12/h3-10H,2H2,1H3,(H,21,22). The number of carbonyl (C=O) groups is 1. The number of benzene rings is 2. The van der Waals surface area contributed by atoms with Crippen LogP contribution in [0.3, 0.4) is 0 Å². The van der Waals surface area contributed by atoms with Gasteiger partial charge in [0.2, 0.25) is 0 Å². The number of hydrogen-bond acceptors (Lipinski definition) is 1. The van der Waals surface area contributed by atoms with E-state index < -0.39 is 11.8 Å². The average molecular weight is 317 g/mol. The molecule has 4 heteroatoms. The summed E-state index contributed by atoms with van der Waals surface area (Å²) in [5.41, 5.74) is 2.12. The largest absolute Gasteiger partial charge is 0.478 e.